The number of amides is 2. The fraction of sp³-hybridized carbons (Fsp3) is 0.394. The Kier molecular flexibility index (Phi) is 10.6. The summed E-state index contributed by atoms with van der Waals surface area (Å²) >= 11 is 0. The summed E-state index contributed by atoms with van der Waals surface area (Å²) in [5.74, 6) is -2.51. The third-order valence-electron chi connectivity index (χ3n) is 7.14. The molecule has 40 heavy (non-hydrogen) atoms. The lowest BCUT2D eigenvalue weighted by Crippen LogP contribution is -2.55. The predicted molar refractivity (Wildman–Crippen MR) is 157 cm³/mol. The highest BCUT2D eigenvalue weighted by molar-refractivity contribution is 5.90. The number of aryl methyl sites for hydroxylation is 2. The van der Waals surface area contributed by atoms with E-state index in [1.165, 1.54) is 11.1 Å². The van der Waals surface area contributed by atoms with E-state index >= 15 is 0 Å². The molecule has 0 aliphatic heterocycles. The number of aromatic nitrogens is 1. The van der Waals surface area contributed by atoms with E-state index < -0.39 is 29.3 Å². The lowest BCUT2D eigenvalue weighted by Gasteiger charge is -2.32. The minimum Gasteiger partial charge on any atom is -0.481 e. The first-order valence-electron chi connectivity index (χ1n) is 13.8. The van der Waals surface area contributed by atoms with E-state index in [4.69, 9.17) is 0 Å². The van der Waals surface area contributed by atoms with E-state index in [1.54, 1.807) is 18.5 Å². The summed E-state index contributed by atoms with van der Waals surface area (Å²) in [6.45, 7) is 9.57. The van der Waals surface area contributed by atoms with Crippen molar-refractivity contribution in [1.29, 1.82) is 0 Å². The van der Waals surface area contributed by atoms with E-state index in [0.717, 1.165) is 23.1 Å². The van der Waals surface area contributed by atoms with Gasteiger partial charge in [0, 0.05) is 18.3 Å². The fourth-order valence-electron chi connectivity index (χ4n) is 4.86. The molecule has 0 spiro atoms. The second kappa shape index (κ2) is 13.9. The van der Waals surface area contributed by atoms with Crippen molar-refractivity contribution in [2.45, 2.75) is 72.4 Å². The van der Waals surface area contributed by atoms with E-state index in [9.17, 15) is 19.5 Å². The molecule has 1 aromatic heterocycles. The van der Waals surface area contributed by atoms with Crippen molar-refractivity contribution in [3.8, 4) is 11.1 Å². The molecule has 0 aliphatic carbocycles. The van der Waals surface area contributed by atoms with Crippen LogP contribution in [0.25, 0.3) is 11.1 Å². The molecule has 3 atom stereocenters. The first-order valence-corrected chi connectivity index (χ1v) is 13.8. The first kappa shape index (κ1) is 30.5. The van der Waals surface area contributed by atoms with Crippen LogP contribution in [0.2, 0.25) is 0 Å². The molecule has 0 bridgehead atoms. The van der Waals surface area contributed by atoms with E-state index in [1.807, 2.05) is 52.0 Å². The van der Waals surface area contributed by atoms with Gasteiger partial charge in [-0.25, -0.2) is 0 Å². The first-order chi connectivity index (χ1) is 19.0. The van der Waals surface area contributed by atoms with Crippen molar-refractivity contribution >= 4 is 17.8 Å². The topological polar surface area (TPSA) is 108 Å². The number of hydrogen-bond acceptors (Lipinski definition) is 4. The molecular formula is C33H41N3O4. The summed E-state index contributed by atoms with van der Waals surface area (Å²) in [4.78, 5) is 42.3. The summed E-state index contributed by atoms with van der Waals surface area (Å²) in [5.41, 5.74) is 4.92. The maximum Gasteiger partial charge on any atom is 0.304 e. The third kappa shape index (κ3) is 8.76. The molecule has 0 fully saturated rings. The van der Waals surface area contributed by atoms with Gasteiger partial charge >= 0.3 is 5.97 Å². The van der Waals surface area contributed by atoms with Crippen LogP contribution in [0.1, 0.15) is 69.7 Å². The fourth-order valence-corrected chi connectivity index (χ4v) is 4.86. The van der Waals surface area contributed by atoms with Crippen LogP contribution in [-0.4, -0.2) is 33.9 Å². The molecule has 0 saturated heterocycles. The van der Waals surface area contributed by atoms with E-state index in [-0.39, 0.29) is 18.4 Å². The van der Waals surface area contributed by atoms with Crippen LogP contribution in [0.5, 0.6) is 0 Å². The molecule has 2 amide bonds. The van der Waals surface area contributed by atoms with Crippen LogP contribution in [-0.2, 0) is 20.8 Å². The van der Waals surface area contributed by atoms with Gasteiger partial charge in [-0.2, -0.15) is 0 Å². The van der Waals surface area contributed by atoms with Gasteiger partial charge in [-0.15, -0.1) is 0 Å². The van der Waals surface area contributed by atoms with Crippen molar-refractivity contribution in [3.63, 3.8) is 0 Å². The van der Waals surface area contributed by atoms with Gasteiger partial charge in [-0.1, -0.05) is 75.4 Å². The maximum absolute atomic E-state index is 13.3. The van der Waals surface area contributed by atoms with Crippen LogP contribution in [0.3, 0.4) is 0 Å². The summed E-state index contributed by atoms with van der Waals surface area (Å²) in [6.07, 6.45) is 4.85. The van der Waals surface area contributed by atoms with Gasteiger partial charge in [0.05, 0.1) is 12.5 Å². The highest BCUT2D eigenvalue weighted by Gasteiger charge is 2.35. The number of carbonyl (C=O) groups is 3. The lowest BCUT2D eigenvalue weighted by molar-refractivity contribution is -0.142. The van der Waals surface area contributed by atoms with Crippen molar-refractivity contribution in [2.75, 3.05) is 0 Å². The molecule has 0 saturated carbocycles. The van der Waals surface area contributed by atoms with Crippen LogP contribution in [0, 0.1) is 18.3 Å². The Morgan fingerprint density at radius 3 is 2.27 bits per heavy atom. The number of pyridine rings is 1. The number of benzene rings is 2. The third-order valence-corrected chi connectivity index (χ3v) is 7.14. The smallest absolute Gasteiger partial charge is 0.304 e. The zero-order valence-electron chi connectivity index (χ0n) is 24.1. The minimum absolute atomic E-state index is 0.289. The molecule has 7 nitrogen and oxygen atoms in total. The zero-order valence-corrected chi connectivity index (χ0v) is 24.1. The quantitative estimate of drug-likeness (QED) is 0.264. The Morgan fingerprint density at radius 2 is 1.68 bits per heavy atom. The molecule has 3 aromatic rings. The average Bonchev–Trinajstić information content (AvgIpc) is 2.91. The van der Waals surface area contributed by atoms with Crippen molar-refractivity contribution in [1.82, 2.24) is 15.6 Å². The van der Waals surface area contributed by atoms with Gasteiger partial charge in [0.15, 0.2) is 0 Å². The summed E-state index contributed by atoms with van der Waals surface area (Å²) in [7, 11) is 0. The molecule has 0 unspecified atom stereocenters. The van der Waals surface area contributed by atoms with Crippen LogP contribution < -0.4 is 10.6 Å². The Labute approximate surface area is 237 Å². The van der Waals surface area contributed by atoms with Gasteiger partial charge in [-0.3, -0.25) is 19.4 Å². The second-order valence-corrected chi connectivity index (χ2v) is 11.5. The highest BCUT2D eigenvalue weighted by atomic mass is 16.4. The molecule has 3 N–H and O–H groups in total. The van der Waals surface area contributed by atoms with Gasteiger partial charge in [0.2, 0.25) is 11.8 Å². The molecule has 0 aliphatic rings. The number of carbonyl (C=O) groups excluding carboxylic acids is 2. The number of nitrogens with zero attached hydrogens (tertiary/aromatic N) is 1. The summed E-state index contributed by atoms with van der Waals surface area (Å²) in [6, 6.07) is 19.1. The Hall–Kier alpha value is -4.00. The van der Waals surface area contributed by atoms with Crippen molar-refractivity contribution < 1.29 is 19.5 Å². The van der Waals surface area contributed by atoms with Crippen LogP contribution >= 0.6 is 0 Å². The molecular weight excluding hydrogens is 502 g/mol. The number of carboxylic acids is 1. The van der Waals surface area contributed by atoms with Gasteiger partial charge in [-0.05, 0) is 72.4 Å². The number of hydrogen-bond donors (Lipinski definition) is 3. The normalized spacial score (nSPS) is 13.6. The van der Waals surface area contributed by atoms with Crippen molar-refractivity contribution in [3.05, 3.63) is 89.7 Å². The zero-order chi connectivity index (χ0) is 29.3. The standard InChI is InChI=1S/C33H41N3O4/c1-22-19-24(16-17-28(22)25-12-7-6-8-13-25)11-9-14-26(20-29(37)38)31(39)36-30(33(3,4)5)32(40)35-23(2)27-15-10-18-34-21-27/h6-8,10,12-13,15-19,21,23,26,30H,9,11,14,20H2,1-5H3,(H,35,40)(H,36,39)(H,37,38)/t23-,26-,30-/m1/s1. The molecule has 2 aromatic carbocycles. The van der Waals surface area contributed by atoms with E-state index in [0.29, 0.717) is 12.8 Å². The maximum atomic E-state index is 13.3. The Bertz CT molecular complexity index is 1290. The molecule has 0 radical (unpaired) electrons. The number of rotatable bonds is 12. The summed E-state index contributed by atoms with van der Waals surface area (Å²) < 4.78 is 0. The second-order valence-electron chi connectivity index (χ2n) is 11.5. The van der Waals surface area contributed by atoms with Gasteiger partial charge in [0.1, 0.15) is 6.04 Å². The predicted octanol–water partition coefficient (Wildman–Crippen LogP) is 5.88. The molecule has 212 valence electrons. The lowest BCUT2D eigenvalue weighted by atomic mass is 9.85. The monoisotopic (exact) mass is 543 g/mol. The van der Waals surface area contributed by atoms with E-state index in [2.05, 4.69) is 52.9 Å². The SMILES string of the molecule is Cc1cc(CCC[C@H](CC(=O)O)C(=O)N[C@H](C(=O)N[C@H](C)c2cccnc2)C(C)(C)C)ccc1-c1ccccc1. The Balaban J connectivity index is 1.65. The molecule has 3 rings (SSSR count). The summed E-state index contributed by atoms with van der Waals surface area (Å²) in [5, 5.41) is 15.3. The van der Waals surface area contributed by atoms with Gasteiger partial charge in [0.25, 0.3) is 0 Å². The highest BCUT2D eigenvalue weighted by Crippen LogP contribution is 2.26. The van der Waals surface area contributed by atoms with Crippen LogP contribution in [0.4, 0.5) is 0 Å². The number of aliphatic carboxylic acids is 1. The van der Waals surface area contributed by atoms with Crippen molar-refractivity contribution in [2.24, 2.45) is 11.3 Å². The Morgan fingerprint density at radius 1 is 0.950 bits per heavy atom. The minimum atomic E-state index is -1.04. The number of carboxylic acid groups (broad SMARTS) is 1. The average molecular weight is 544 g/mol. The number of nitrogens with one attached hydrogen (secondary N) is 2. The largest absolute Gasteiger partial charge is 0.481 e. The molecule has 1 heterocycles. The van der Waals surface area contributed by atoms with Gasteiger partial charge < -0.3 is 15.7 Å². The molecule has 7 heteroatoms. The van der Waals surface area contributed by atoms with Crippen LogP contribution in [0.15, 0.2) is 73.1 Å².